The molecular formula is C55H37N. The molecule has 0 radical (unpaired) electrons. The minimum absolute atomic E-state index is 0.406. The summed E-state index contributed by atoms with van der Waals surface area (Å²) in [5.41, 5.74) is 18.2. The van der Waals surface area contributed by atoms with E-state index in [2.05, 4.69) is 229 Å². The predicted molar refractivity (Wildman–Crippen MR) is 234 cm³/mol. The van der Waals surface area contributed by atoms with Crippen LogP contribution in [0.25, 0.3) is 72.0 Å². The maximum absolute atomic E-state index is 2.44. The van der Waals surface area contributed by atoms with Crippen LogP contribution in [0.4, 0.5) is 0 Å². The largest absolute Gasteiger partial charge is 0.309 e. The Labute approximate surface area is 327 Å². The zero-order valence-corrected chi connectivity index (χ0v) is 30.8. The van der Waals surface area contributed by atoms with Gasteiger partial charge in [0.15, 0.2) is 0 Å². The molecule has 1 heterocycles. The summed E-state index contributed by atoms with van der Waals surface area (Å²) >= 11 is 0. The van der Waals surface area contributed by atoms with Crippen LogP contribution in [-0.2, 0) is 5.41 Å². The van der Waals surface area contributed by atoms with Crippen LogP contribution >= 0.6 is 0 Å². The minimum Gasteiger partial charge on any atom is -0.309 e. The van der Waals surface area contributed by atoms with E-state index in [-0.39, 0.29) is 0 Å². The molecule has 0 N–H and O–H groups in total. The van der Waals surface area contributed by atoms with Gasteiger partial charge in [0.1, 0.15) is 0 Å². The molecule has 56 heavy (non-hydrogen) atoms. The van der Waals surface area contributed by atoms with E-state index >= 15 is 0 Å². The van der Waals surface area contributed by atoms with Crippen molar-refractivity contribution in [3.63, 3.8) is 0 Å². The first-order valence-electron chi connectivity index (χ1n) is 19.4. The fourth-order valence-electron chi connectivity index (χ4n) is 9.39. The fourth-order valence-corrected chi connectivity index (χ4v) is 9.39. The first-order chi connectivity index (χ1) is 27.8. The van der Waals surface area contributed by atoms with E-state index in [0.29, 0.717) is 0 Å². The van der Waals surface area contributed by atoms with E-state index in [9.17, 15) is 0 Å². The lowest BCUT2D eigenvalue weighted by Crippen LogP contribution is -2.28. The number of hydrogen-bond donors (Lipinski definition) is 0. The molecule has 0 saturated carbocycles. The molecule has 1 aliphatic rings. The van der Waals surface area contributed by atoms with E-state index in [1.54, 1.807) is 0 Å². The van der Waals surface area contributed by atoms with Gasteiger partial charge in [-0.3, -0.25) is 0 Å². The second-order valence-electron chi connectivity index (χ2n) is 14.9. The Morgan fingerprint density at radius 3 is 1.45 bits per heavy atom. The number of hydrogen-bond acceptors (Lipinski definition) is 0. The second-order valence-corrected chi connectivity index (χ2v) is 14.9. The summed E-state index contributed by atoms with van der Waals surface area (Å²) in [6, 6.07) is 82.5. The van der Waals surface area contributed by atoms with E-state index in [1.807, 2.05) is 0 Å². The van der Waals surface area contributed by atoms with Crippen molar-refractivity contribution in [2.24, 2.45) is 0 Å². The highest BCUT2D eigenvalue weighted by Crippen LogP contribution is 2.56. The number of benzene rings is 9. The highest BCUT2D eigenvalue weighted by molar-refractivity contribution is 6.10. The number of para-hydroxylation sites is 1. The van der Waals surface area contributed by atoms with Gasteiger partial charge in [-0.1, -0.05) is 182 Å². The van der Waals surface area contributed by atoms with Crippen molar-refractivity contribution >= 4 is 21.8 Å². The molecule has 0 saturated heterocycles. The van der Waals surface area contributed by atoms with Crippen LogP contribution in [0.2, 0.25) is 0 Å². The summed E-state index contributed by atoms with van der Waals surface area (Å²) in [6.07, 6.45) is 0. The van der Waals surface area contributed by atoms with Crippen LogP contribution in [0, 0.1) is 0 Å². The smallest absolute Gasteiger partial charge is 0.0713 e. The third-order valence-electron chi connectivity index (χ3n) is 11.9. The van der Waals surface area contributed by atoms with Gasteiger partial charge < -0.3 is 4.57 Å². The molecule has 1 nitrogen and oxygen atoms in total. The molecule has 0 atom stereocenters. The van der Waals surface area contributed by atoms with Gasteiger partial charge in [-0.2, -0.15) is 0 Å². The van der Waals surface area contributed by atoms with Crippen molar-refractivity contribution in [1.29, 1.82) is 0 Å². The minimum atomic E-state index is -0.406. The van der Waals surface area contributed by atoms with Crippen LogP contribution in [0.15, 0.2) is 224 Å². The Balaban J connectivity index is 1.10. The van der Waals surface area contributed by atoms with Gasteiger partial charge in [-0.05, 0) is 109 Å². The van der Waals surface area contributed by atoms with Gasteiger partial charge in [-0.15, -0.1) is 0 Å². The first-order valence-corrected chi connectivity index (χ1v) is 19.4. The quantitative estimate of drug-likeness (QED) is 0.162. The van der Waals surface area contributed by atoms with Gasteiger partial charge in [0.2, 0.25) is 0 Å². The molecule has 1 aliphatic carbocycles. The molecular weight excluding hydrogens is 675 g/mol. The van der Waals surface area contributed by atoms with Gasteiger partial charge in [0.25, 0.3) is 0 Å². The molecule has 0 bridgehead atoms. The van der Waals surface area contributed by atoms with Crippen molar-refractivity contribution < 1.29 is 0 Å². The van der Waals surface area contributed by atoms with Crippen molar-refractivity contribution in [3.8, 4) is 50.2 Å². The van der Waals surface area contributed by atoms with Gasteiger partial charge in [-0.25, -0.2) is 0 Å². The van der Waals surface area contributed by atoms with Crippen molar-refractivity contribution in [3.05, 3.63) is 247 Å². The predicted octanol–water partition coefficient (Wildman–Crippen LogP) is 14.1. The number of rotatable bonds is 6. The zero-order chi connectivity index (χ0) is 37.1. The Bertz CT molecular complexity index is 2950. The second kappa shape index (κ2) is 13.0. The molecule has 1 aromatic heterocycles. The highest BCUT2D eigenvalue weighted by atomic mass is 15.0. The third-order valence-corrected chi connectivity index (χ3v) is 11.9. The summed E-state index contributed by atoms with van der Waals surface area (Å²) < 4.78 is 2.44. The summed E-state index contributed by atoms with van der Waals surface area (Å²) in [4.78, 5) is 0. The Kier molecular flexibility index (Phi) is 7.47. The Hall–Kier alpha value is -7.22. The Morgan fingerprint density at radius 2 is 0.786 bits per heavy atom. The summed E-state index contributed by atoms with van der Waals surface area (Å²) in [6.45, 7) is 0. The van der Waals surface area contributed by atoms with Crippen molar-refractivity contribution in [2.45, 2.75) is 5.41 Å². The third kappa shape index (κ3) is 4.95. The first kappa shape index (κ1) is 32.2. The molecule has 0 unspecified atom stereocenters. The Morgan fingerprint density at radius 1 is 0.286 bits per heavy atom. The monoisotopic (exact) mass is 711 g/mol. The molecule has 0 spiro atoms. The zero-order valence-electron chi connectivity index (χ0n) is 30.8. The van der Waals surface area contributed by atoms with Crippen molar-refractivity contribution in [1.82, 2.24) is 4.57 Å². The van der Waals surface area contributed by atoms with Gasteiger partial charge >= 0.3 is 0 Å². The van der Waals surface area contributed by atoms with Crippen LogP contribution in [0.1, 0.15) is 22.3 Å². The molecule has 0 fully saturated rings. The average molecular weight is 712 g/mol. The summed E-state index contributed by atoms with van der Waals surface area (Å²) in [7, 11) is 0. The van der Waals surface area contributed by atoms with Crippen LogP contribution in [0.3, 0.4) is 0 Å². The lowest BCUT2D eigenvalue weighted by molar-refractivity contribution is 0.768. The molecule has 0 amide bonds. The van der Waals surface area contributed by atoms with Gasteiger partial charge in [0, 0.05) is 16.5 Å². The number of nitrogens with zero attached hydrogens (tertiary/aromatic N) is 1. The molecule has 9 aromatic carbocycles. The molecule has 10 aromatic rings. The molecule has 262 valence electrons. The molecule has 11 rings (SSSR count). The lowest BCUT2D eigenvalue weighted by Gasteiger charge is -2.33. The van der Waals surface area contributed by atoms with E-state index in [1.165, 1.54) is 88.6 Å². The SMILES string of the molecule is c1ccc(-c2cc(-c3ccccc3)cc(-n3c4ccccc4c4cc(-c5ccc6c(c5)-c5ccccc5C6(c5ccccc5)c5ccccc5)ccc43)c2)cc1. The van der Waals surface area contributed by atoms with Crippen LogP contribution in [-0.4, -0.2) is 4.57 Å². The maximum atomic E-state index is 2.44. The normalized spacial score (nSPS) is 12.8. The average Bonchev–Trinajstić information content (AvgIpc) is 3.78. The van der Waals surface area contributed by atoms with E-state index in [4.69, 9.17) is 0 Å². The fraction of sp³-hybridized carbons (Fsp3) is 0.0182. The standard InChI is InChI=1S/C55H37N/c1-5-17-38(18-6-1)42-33-43(39-19-7-2-8-20-39)35-46(34-42)56-53-28-16-14-26-48(53)50-37-41(30-32-54(50)56)40-29-31-52-49(36-40)47-25-13-15-27-51(47)55(52,44-21-9-3-10-22-44)45-23-11-4-12-24-45/h1-37H. The maximum Gasteiger partial charge on any atom is 0.0713 e. The highest BCUT2D eigenvalue weighted by Gasteiger charge is 2.45. The van der Waals surface area contributed by atoms with Crippen molar-refractivity contribution in [2.75, 3.05) is 0 Å². The van der Waals surface area contributed by atoms with Gasteiger partial charge in [0.05, 0.1) is 16.4 Å². The summed E-state index contributed by atoms with van der Waals surface area (Å²) in [5.74, 6) is 0. The number of fused-ring (bicyclic) bond motifs is 6. The van der Waals surface area contributed by atoms with E-state index < -0.39 is 5.41 Å². The summed E-state index contributed by atoms with van der Waals surface area (Å²) in [5, 5.41) is 2.49. The topological polar surface area (TPSA) is 4.93 Å². The van der Waals surface area contributed by atoms with Crippen LogP contribution < -0.4 is 0 Å². The molecule has 0 aliphatic heterocycles. The number of aromatic nitrogens is 1. The van der Waals surface area contributed by atoms with E-state index in [0.717, 1.165) is 5.69 Å². The molecule has 1 heteroatoms. The van der Waals surface area contributed by atoms with Crippen LogP contribution in [0.5, 0.6) is 0 Å². The lowest BCUT2D eigenvalue weighted by atomic mass is 9.67.